The standard InChI is InChI=1S/C18H23NO/c20-18(17-8-4-5-13-19-17)16-11-9-15(10-12-16)14-6-2-1-3-7-14/h5,9-14,17,19H,1-4,6-8H2. The van der Waals surface area contributed by atoms with E-state index in [4.69, 9.17) is 0 Å². The zero-order valence-corrected chi connectivity index (χ0v) is 12.0. The largest absolute Gasteiger partial charge is 0.381 e. The highest BCUT2D eigenvalue weighted by atomic mass is 16.1. The van der Waals surface area contributed by atoms with Crippen molar-refractivity contribution < 1.29 is 4.79 Å². The molecule has 1 N–H and O–H groups in total. The van der Waals surface area contributed by atoms with Crippen molar-refractivity contribution in [2.24, 2.45) is 0 Å². The van der Waals surface area contributed by atoms with E-state index in [0.717, 1.165) is 18.4 Å². The van der Waals surface area contributed by atoms with E-state index in [0.29, 0.717) is 5.92 Å². The summed E-state index contributed by atoms with van der Waals surface area (Å²) in [4.78, 5) is 12.4. The van der Waals surface area contributed by atoms with E-state index >= 15 is 0 Å². The molecule has 2 heteroatoms. The van der Waals surface area contributed by atoms with Gasteiger partial charge in [-0.05, 0) is 43.4 Å². The van der Waals surface area contributed by atoms with Crippen LogP contribution in [0.25, 0.3) is 0 Å². The zero-order valence-electron chi connectivity index (χ0n) is 12.0. The normalized spacial score (nSPS) is 23.3. The first kappa shape index (κ1) is 13.4. The second-order valence-electron chi connectivity index (χ2n) is 6.02. The van der Waals surface area contributed by atoms with Crippen molar-refractivity contribution in [3.05, 3.63) is 47.7 Å². The molecule has 0 bridgehead atoms. The Morgan fingerprint density at radius 3 is 2.40 bits per heavy atom. The van der Waals surface area contributed by atoms with E-state index in [1.165, 1.54) is 37.7 Å². The third kappa shape index (κ3) is 2.95. The van der Waals surface area contributed by atoms with Gasteiger partial charge in [0.25, 0.3) is 0 Å². The lowest BCUT2D eigenvalue weighted by molar-refractivity contribution is 0.0943. The molecule has 1 aliphatic heterocycles. The monoisotopic (exact) mass is 269 g/mol. The number of allylic oxidation sites excluding steroid dienone is 1. The van der Waals surface area contributed by atoms with Gasteiger partial charge in [-0.3, -0.25) is 4.79 Å². The minimum Gasteiger partial charge on any atom is -0.381 e. The summed E-state index contributed by atoms with van der Waals surface area (Å²) < 4.78 is 0. The van der Waals surface area contributed by atoms with E-state index in [-0.39, 0.29) is 11.8 Å². The zero-order chi connectivity index (χ0) is 13.8. The van der Waals surface area contributed by atoms with Gasteiger partial charge in [-0.2, -0.15) is 0 Å². The highest BCUT2D eigenvalue weighted by Crippen LogP contribution is 2.32. The fraction of sp³-hybridized carbons (Fsp3) is 0.500. The number of carbonyl (C=O) groups excluding carboxylic acids is 1. The molecule has 1 unspecified atom stereocenters. The highest BCUT2D eigenvalue weighted by molar-refractivity contribution is 6.00. The lowest BCUT2D eigenvalue weighted by Crippen LogP contribution is -2.35. The second-order valence-corrected chi connectivity index (χ2v) is 6.02. The van der Waals surface area contributed by atoms with Crippen molar-refractivity contribution in [3.63, 3.8) is 0 Å². The smallest absolute Gasteiger partial charge is 0.184 e. The van der Waals surface area contributed by atoms with Crippen molar-refractivity contribution in [2.75, 3.05) is 0 Å². The molecule has 1 aliphatic carbocycles. The number of benzene rings is 1. The Labute approximate surface area is 121 Å². The predicted molar refractivity (Wildman–Crippen MR) is 81.9 cm³/mol. The predicted octanol–water partition coefficient (Wildman–Crippen LogP) is 4.18. The minimum absolute atomic E-state index is 0.0412. The fourth-order valence-corrected chi connectivity index (χ4v) is 3.38. The van der Waals surface area contributed by atoms with Crippen LogP contribution in [-0.2, 0) is 0 Å². The first-order valence-electron chi connectivity index (χ1n) is 7.90. The Bertz CT molecular complexity index is 483. The molecular weight excluding hydrogens is 246 g/mol. The molecule has 106 valence electrons. The van der Waals surface area contributed by atoms with Crippen LogP contribution in [0.3, 0.4) is 0 Å². The summed E-state index contributed by atoms with van der Waals surface area (Å²) in [5.74, 6) is 0.938. The van der Waals surface area contributed by atoms with Crippen LogP contribution < -0.4 is 5.32 Å². The minimum atomic E-state index is -0.0412. The van der Waals surface area contributed by atoms with E-state index in [1.807, 2.05) is 18.3 Å². The molecule has 0 saturated heterocycles. The molecule has 20 heavy (non-hydrogen) atoms. The van der Waals surface area contributed by atoms with Gasteiger partial charge >= 0.3 is 0 Å². The summed E-state index contributed by atoms with van der Waals surface area (Å²) in [6.45, 7) is 0. The van der Waals surface area contributed by atoms with Crippen LogP contribution in [0.1, 0.15) is 66.8 Å². The lowest BCUT2D eigenvalue weighted by Gasteiger charge is -2.22. The average molecular weight is 269 g/mol. The Morgan fingerprint density at radius 1 is 1.00 bits per heavy atom. The molecule has 1 saturated carbocycles. The molecule has 1 aromatic carbocycles. The summed E-state index contributed by atoms with van der Waals surface area (Å²) in [7, 11) is 0. The van der Waals surface area contributed by atoms with Crippen LogP contribution in [0, 0.1) is 0 Å². The number of Topliss-reactive ketones (excluding diaryl/α,β-unsaturated/α-hetero) is 1. The van der Waals surface area contributed by atoms with Crippen LogP contribution >= 0.6 is 0 Å². The van der Waals surface area contributed by atoms with Crippen LogP contribution in [0.5, 0.6) is 0 Å². The van der Waals surface area contributed by atoms with Gasteiger partial charge in [0.1, 0.15) is 0 Å². The summed E-state index contributed by atoms with van der Waals surface area (Å²) in [6, 6.07) is 8.34. The summed E-state index contributed by atoms with van der Waals surface area (Å²) in [5, 5.41) is 3.17. The molecule has 3 rings (SSSR count). The van der Waals surface area contributed by atoms with Crippen molar-refractivity contribution in [2.45, 2.75) is 56.9 Å². The molecule has 1 fully saturated rings. The number of carbonyl (C=O) groups is 1. The molecule has 2 nitrogen and oxygen atoms in total. The third-order valence-corrected chi connectivity index (χ3v) is 4.63. The molecule has 2 aliphatic rings. The summed E-state index contributed by atoms with van der Waals surface area (Å²) in [6.07, 6.45) is 12.6. The van der Waals surface area contributed by atoms with Gasteiger partial charge in [-0.25, -0.2) is 0 Å². The molecule has 0 aromatic heterocycles. The third-order valence-electron chi connectivity index (χ3n) is 4.63. The fourth-order valence-electron chi connectivity index (χ4n) is 3.38. The summed E-state index contributed by atoms with van der Waals surface area (Å²) in [5.41, 5.74) is 2.26. The van der Waals surface area contributed by atoms with Gasteiger partial charge < -0.3 is 5.32 Å². The summed E-state index contributed by atoms with van der Waals surface area (Å²) >= 11 is 0. The topological polar surface area (TPSA) is 29.1 Å². The quantitative estimate of drug-likeness (QED) is 0.834. The second kappa shape index (κ2) is 6.25. The number of rotatable bonds is 3. The highest BCUT2D eigenvalue weighted by Gasteiger charge is 2.20. The van der Waals surface area contributed by atoms with Gasteiger partial charge in [0.2, 0.25) is 0 Å². The van der Waals surface area contributed by atoms with Crippen molar-refractivity contribution in [1.82, 2.24) is 5.32 Å². The maximum absolute atomic E-state index is 12.4. The van der Waals surface area contributed by atoms with Crippen molar-refractivity contribution in [3.8, 4) is 0 Å². The maximum atomic E-state index is 12.4. The number of nitrogens with one attached hydrogen (secondary N) is 1. The van der Waals surface area contributed by atoms with Gasteiger partial charge in [-0.1, -0.05) is 49.6 Å². The maximum Gasteiger partial charge on any atom is 0.184 e. The van der Waals surface area contributed by atoms with E-state index in [1.54, 1.807) is 0 Å². The molecule has 1 heterocycles. The first-order chi connectivity index (χ1) is 9.84. The van der Waals surface area contributed by atoms with Gasteiger partial charge in [-0.15, -0.1) is 0 Å². The van der Waals surface area contributed by atoms with Crippen LogP contribution in [0.4, 0.5) is 0 Å². The van der Waals surface area contributed by atoms with E-state index in [9.17, 15) is 4.79 Å². The molecule has 0 radical (unpaired) electrons. The van der Waals surface area contributed by atoms with E-state index in [2.05, 4.69) is 23.5 Å². The number of hydrogen-bond acceptors (Lipinski definition) is 2. The van der Waals surface area contributed by atoms with Gasteiger partial charge in [0.05, 0.1) is 6.04 Å². The van der Waals surface area contributed by atoms with Crippen LogP contribution in [-0.4, -0.2) is 11.8 Å². The Hall–Kier alpha value is -1.57. The van der Waals surface area contributed by atoms with Crippen molar-refractivity contribution >= 4 is 5.78 Å². The van der Waals surface area contributed by atoms with Crippen LogP contribution in [0.2, 0.25) is 0 Å². The SMILES string of the molecule is O=C(c1ccc(C2CCCCC2)cc1)C1CCC=CN1. The first-order valence-corrected chi connectivity index (χ1v) is 7.90. The molecule has 1 atom stereocenters. The van der Waals surface area contributed by atoms with Gasteiger partial charge in [0.15, 0.2) is 5.78 Å². The Morgan fingerprint density at radius 2 is 1.75 bits per heavy atom. The number of ketones is 1. The molecule has 1 aromatic rings. The average Bonchev–Trinajstić information content (AvgIpc) is 2.56. The Balaban J connectivity index is 1.68. The molecule has 0 spiro atoms. The number of hydrogen-bond donors (Lipinski definition) is 1. The van der Waals surface area contributed by atoms with E-state index < -0.39 is 0 Å². The Kier molecular flexibility index (Phi) is 4.19. The molecular formula is C18H23NO. The lowest BCUT2D eigenvalue weighted by atomic mass is 9.83. The molecule has 0 amide bonds. The van der Waals surface area contributed by atoms with Gasteiger partial charge in [0, 0.05) is 5.56 Å². The van der Waals surface area contributed by atoms with Crippen LogP contribution in [0.15, 0.2) is 36.5 Å². The van der Waals surface area contributed by atoms with Crippen molar-refractivity contribution in [1.29, 1.82) is 0 Å².